The van der Waals surface area contributed by atoms with Crippen molar-refractivity contribution in [3.8, 4) is 0 Å². The Morgan fingerprint density at radius 3 is 3.13 bits per heavy atom. The molecule has 0 radical (unpaired) electrons. The van der Waals surface area contributed by atoms with Crippen molar-refractivity contribution >= 4 is 29.7 Å². The Kier molecular flexibility index (Phi) is 4.70. The number of aldehydes is 1. The first-order valence-electron chi connectivity index (χ1n) is 4.50. The molecule has 0 bridgehead atoms. The zero-order chi connectivity index (χ0) is 11.1. The molecule has 0 aliphatic rings. The average molecular weight is 225 g/mol. The summed E-state index contributed by atoms with van der Waals surface area (Å²) in [6.07, 6.45) is 4.56. The van der Waals surface area contributed by atoms with E-state index >= 15 is 0 Å². The predicted octanol–water partition coefficient (Wildman–Crippen LogP) is 1.92. The Hall–Kier alpha value is -1.49. The summed E-state index contributed by atoms with van der Waals surface area (Å²) in [4.78, 5) is 25.3. The Labute approximate surface area is 91.6 Å². The standard InChI is InChI=1S/C10H11NO3S/c1-2-14-10(13)8-7-15-9(11-8)5-3-4-6-12/h3,5-7H,2,4H2,1H3. The lowest BCUT2D eigenvalue weighted by molar-refractivity contribution is -0.107. The number of ether oxygens (including phenoxy) is 1. The van der Waals surface area contributed by atoms with Gasteiger partial charge in [0.25, 0.3) is 0 Å². The topological polar surface area (TPSA) is 56.3 Å². The van der Waals surface area contributed by atoms with Crippen LogP contribution in [-0.2, 0) is 9.53 Å². The van der Waals surface area contributed by atoms with Crippen LogP contribution in [0.1, 0.15) is 28.8 Å². The van der Waals surface area contributed by atoms with Crippen molar-refractivity contribution < 1.29 is 14.3 Å². The first-order chi connectivity index (χ1) is 7.27. The molecule has 0 unspecified atom stereocenters. The van der Waals surface area contributed by atoms with Gasteiger partial charge in [-0.15, -0.1) is 11.3 Å². The fourth-order valence-corrected chi connectivity index (χ4v) is 1.59. The second-order valence-electron chi connectivity index (χ2n) is 2.60. The van der Waals surface area contributed by atoms with Crippen molar-refractivity contribution in [2.75, 3.05) is 6.61 Å². The quantitative estimate of drug-likeness (QED) is 0.567. The summed E-state index contributed by atoms with van der Waals surface area (Å²) >= 11 is 1.34. The van der Waals surface area contributed by atoms with E-state index in [-0.39, 0.29) is 0 Å². The zero-order valence-electron chi connectivity index (χ0n) is 8.30. The molecule has 0 aromatic carbocycles. The highest BCUT2D eigenvalue weighted by Gasteiger charge is 2.09. The number of hydrogen-bond acceptors (Lipinski definition) is 5. The third-order valence-corrected chi connectivity index (χ3v) is 2.31. The van der Waals surface area contributed by atoms with Gasteiger partial charge in [0.15, 0.2) is 5.69 Å². The highest BCUT2D eigenvalue weighted by atomic mass is 32.1. The summed E-state index contributed by atoms with van der Waals surface area (Å²) in [5.74, 6) is -0.413. The van der Waals surface area contributed by atoms with E-state index in [9.17, 15) is 9.59 Å². The summed E-state index contributed by atoms with van der Waals surface area (Å²) in [6.45, 7) is 2.09. The van der Waals surface area contributed by atoms with E-state index in [2.05, 4.69) is 4.98 Å². The average Bonchev–Trinajstić information content (AvgIpc) is 2.67. The SMILES string of the molecule is CCOC(=O)c1csc(C=CCC=O)n1. The summed E-state index contributed by atoms with van der Waals surface area (Å²) in [6, 6.07) is 0. The Morgan fingerprint density at radius 2 is 2.47 bits per heavy atom. The molecule has 0 saturated heterocycles. The van der Waals surface area contributed by atoms with E-state index < -0.39 is 5.97 Å². The number of esters is 1. The van der Waals surface area contributed by atoms with E-state index in [4.69, 9.17) is 4.74 Å². The molecule has 4 nitrogen and oxygen atoms in total. The molecule has 80 valence electrons. The van der Waals surface area contributed by atoms with E-state index in [0.717, 1.165) is 6.29 Å². The van der Waals surface area contributed by atoms with Crippen LogP contribution in [0.25, 0.3) is 6.08 Å². The first-order valence-corrected chi connectivity index (χ1v) is 5.38. The summed E-state index contributed by atoms with van der Waals surface area (Å²) in [5.41, 5.74) is 0.313. The fraction of sp³-hybridized carbons (Fsp3) is 0.300. The van der Waals surface area contributed by atoms with Crippen LogP contribution in [0.3, 0.4) is 0 Å². The zero-order valence-corrected chi connectivity index (χ0v) is 9.12. The van der Waals surface area contributed by atoms with Crippen molar-refractivity contribution in [3.63, 3.8) is 0 Å². The molecule has 15 heavy (non-hydrogen) atoms. The van der Waals surface area contributed by atoms with Crippen LogP contribution in [0.5, 0.6) is 0 Å². The Bertz CT molecular complexity index is 370. The molecule has 0 fully saturated rings. The minimum atomic E-state index is -0.413. The van der Waals surface area contributed by atoms with Crippen LogP contribution in [-0.4, -0.2) is 23.8 Å². The lowest BCUT2D eigenvalue weighted by Gasteiger charge is -1.95. The predicted molar refractivity (Wildman–Crippen MR) is 57.8 cm³/mol. The number of aromatic nitrogens is 1. The molecule has 0 N–H and O–H groups in total. The molecule has 1 aromatic rings. The number of hydrogen-bond donors (Lipinski definition) is 0. The van der Waals surface area contributed by atoms with Gasteiger partial charge in [-0.25, -0.2) is 9.78 Å². The molecule has 1 aromatic heterocycles. The number of rotatable bonds is 5. The summed E-state index contributed by atoms with van der Waals surface area (Å²) in [5, 5.41) is 2.33. The number of thiazole rings is 1. The number of nitrogens with zero attached hydrogens (tertiary/aromatic N) is 1. The maximum absolute atomic E-state index is 11.2. The van der Waals surface area contributed by atoms with Crippen molar-refractivity contribution in [1.82, 2.24) is 4.98 Å². The van der Waals surface area contributed by atoms with E-state index in [1.54, 1.807) is 24.5 Å². The van der Waals surface area contributed by atoms with E-state index in [1.165, 1.54) is 11.3 Å². The van der Waals surface area contributed by atoms with Crippen LogP contribution in [0.4, 0.5) is 0 Å². The van der Waals surface area contributed by atoms with Gasteiger partial charge in [-0.05, 0) is 13.0 Å². The molecule has 1 rings (SSSR count). The highest BCUT2D eigenvalue weighted by Crippen LogP contribution is 2.12. The van der Waals surface area contributed by atoms with Crippen LogP contribution < -0.4 is 0 Å². The second-order valence-corrected chi connectivity index (χ2v) is 3.49. The monoisotopic (exact) mass is 225 g/mol. The van der Waals surface area contributed by atoms with E-state index in [0.29, 0.717) is 23.7 Å². The van der Waals surface area contributed by atoms with Crippen LogP contribution in [0.2, 0.25) is 0 Å². The lowest BCUT2D eigenvalue weighted by Crippen LogP contribution is -2.04. The van der Waals surface area contributed by atoms with Crippen molar-refractivity contribution in [3.05, 3.63) is 22.2 Å². The van der Waals surface area contributed by atoms with Gasteiger partial charge < -0.3 is 9.53 Å². The van der Waals surface area contributed by atoms with Gasteiger partial charge in [-0.1, -0.05) is 6.08 Å². The molecule has 0 atom stereocenters. The lowest BCUT2D eigenvalue weighted by atomic mass is 10.4. The molecular formula is C10H11NO3S. The van der Waals surface area contributed by atoms with Crippen molar-refractivity contribution in [2.45, 2.75) is 13.3 Å². The van der Waals surface area contributed by atoms with Gasteiger partial charge in [0.2, 0.25) is 0 Å². The van der Waals surface area contributed by atoms with Gasteiger partial charge in [-0.3, -0.25) is 0 Å². The van der Waals surface area contributed by atoms with Crippen LogP contribution in [0.15, 0.2) is 11.5 Å². The van der Waals surface area contributed by atoms with Gasteiger partial charge in [-0.2, -0.15) is 0 Å². The second kappa shape index (κ2) is 6.08. The molecule has 1 heterocycles. The van der Waals surface area contributed by atoms with E-state index in [1.807, 2.05) is 0 Å². The number of carbonyl (C=O) groups is 2. The maximum atomic E-state index is 11.2. The first kappa shape index (κ1) is 11.6. The van der Waals surface area contributed by atoms with Gasteiger partial charge in [0.05, 0.1) is 6.61 Å². The molecule has 5 heteroatoms. The summed E-state index contributed by atoms with van der Waals surface area (Å²) in [7, 11) is 0. The highest BCUT2D eigenvalue weighted by molar-refractivity contribution is 7.10. The minimum Gasteiger partial charge on any atom is -0.461 e. The van der Waals surface area contributed by atoms with Crippen LogP contribution >= 0.6 is 11.3 Å². The normalized spacial score (nSPS) is 10.5. The number of allylic oxidation sites excluding steroid dienone is 1. The Morgan fingerprint density at radius 1 is 1.67 bits per heavy atom. The van der Waals surface area contributed by atoms with Crippen molar-refractivity contribution in [1.29, 1.82) is 0 Å². The van der Waals surface area contributed by atoms with Crippen molar-refractivity contribution in [2.24, 2.45) is 0 Å². The van der Waals surface area contributed by atoms with Gasteiger partial charge in [0, 0.05) is 11.8 Å². The number of carbonyl (C=O) groups excluding carboxylic acids is 2. The maximum Gasteiger partial charge on any atom is 0.357 e. The molecular weight excluding hydrogens is 214 g/mol. The fourth-order valence-electron chi connectivity index (χ4n) is 0.887. The molecule has 0 aliphatic heterocycles. The smallest absolute Gasteiger partial charge is 0.357 e. The molecule has 0 aliphatic carbocycles. The molecule has 0 amide bonds. The van der Waals surface area contributed by atoms with Gasteiger partial charge >= 0.3 is 5.97 Å². The molecule has 0 saturated carbocycles. The van der Waals surface area contributed by atoms with Gasteiger partial charge in [0.1, 0.15) is 11.3 Å². The third kappa shape index (κ3) is 3.63. The third-order valence-electron chi connectivity index (χ3n) is 1.50. The minimum absolute atomic E-state index is 0.313. The largest absolute Gasteiger partial charge is 0.461 e. The molecule has 0 spiro atoms. The Balaban J connectivity index is 2.63. The summed E-state index contributed by atoms with van der Waals surface area (Å²) < 4.78 is 4.79. The van der Waals surface area contributed by atoms with Crippen LogP contribution in [0, 0.1) is 0 Å².